The number of aliphatic hydroxyl groups is 1. The predicted octanol–water partition coefficient (Wildman–Crippen LogP) is 2.76. The number of fused-ring (bicyclic) bond motifs is 3. The Morgan fingerprint density at radius 1 is 1.16 bits per heavy atom. The summed E-state index contributed by atoms with van der Waals surface area (Å²) in [5, 5.41) is 16.9. The highest BCUT2D eigenvalue weighted by Gasteiger charge is 2.47. The van der Waals surface area contributed by atoms with Crippen LogP contribution in [0.1, 0.15) is 31.5 Å². The minimum Gasteiger partial charge on any atom is -0.367 e. The number of para-hydroxylation sites is 2. The molecular weight excluding hydrogens is 413 g/mol. The van der Waals surface area contributed by atoms with Crippen LogP contribution in [0, 0.1) is 11.8 Å². The Morgan fingerprint density at radius 2 is 1.72 bits per heavy atom. The third kappa shape index (κ3) is 3.75. The fraction of sp³-hybridized carbons (Fsp3) is 0.375. The largest absolute Gasteiger partial charge is 0.367 e. The molecule has 7 nitrogen and oxygen atoms in total. The molecule has 1 aromatic heterocycles. The van der Waals surface area contributed by atoms with Gasteiger partial charge in [0.1, 0.15) is 6.67 Å². The van der Waals surface area contributed by atoms with Crippen LogP contribution in [0.5, 0.6) is 0 Å². The lowest BCUT2D eigenvalue weighted by atomic mass is 9.90. The maximum absolute atomic E-state index is 13.4. The van der Waals surface area contributed by atoms with Crippen molar-refractivity contribution in [3.63, 3.8) is 0 Å². The van der Waals surface area contributed by atoms with Gasteiger partial charge in [0.25, 0.3) is 0 Å². The number of nitrogens with zero attached hydrogens (tertiary/aromatic N) is 1. The van der Waals surface area contributed by atoms with Gasteiger partial charge in [0.15, 0.2) is 5.72 Å². The van der Waals surface area contributed by atoms with Gasteiger partial charge in [0.2, 0.25) is 17.7 Å². The second-order valence-corrected chi connectivity index (χ2v) is 8.69. The van der Waals surface area contributed by atoms with E-state index in [0.717, 1.165) is 21.8 Å². The fourth-order valence-electron chi connectivity index (χ4n) is 4.41. The predicted molar refractivity (Wildman–Crippen MR) is 119 cm³/mol. The van der Waals surface area contributed by atoms with Crippen molar-refractivity contribution in [3.05, 3.63) is 48.5 Å². The number of rotatable bonds is 6. The topological polar surface area (TPSA) is 100 Å². The molecule has 3 N–H and O–H groups in total. The van der Waals surface area contributed by atoms with Crippen LogP contribution < -0.4 is 10.6 Å². The van der Waals surface area contributed by atoms with Gasteiger partial charge in [-0.15, -0.1) is 0 Å². The van der Waals surface area contributed by atoms with E-state index in [9.17, 15) is 23.9 Å². The van der Waals surface area contributed by atoms with E-state index in [-0.39, 0.29) is 24.7 Å². The van der Waals surface area contributed by atoms with Gasteiger partial charge in [-0.05, 0) is 18.1 Å². The quantitative estimate of drug-likeness (QED) is 0.550. The summed E-state index contributed by atoms with van der Waals surface area (Å²) in [4.78, 5) is 38.1. The van der Waals surface area contributed by atoms with Gasteiger partial charge >= 0.3 is 0 Å². The fourth-order valence-corrected chi connectivity index (χ4v) is 4.41. The number of hydrogen-bond acceptors (Lipinski definition) is 4. The molecule has 0 spiro atoms. The van der Waals surface area contributed by atoms with Gasteiger partial charge in [0, 0.05) is 23.1 Å². The molecule has 32 heavy (non-hydrogen) atoms. The zero-order valence-corrected chi connectivity index (χ0v) is 18.0. The molecule has 1 fully saturated rings. The van der Waals surface area contributed by atoms with Gasteiger partial charge in [-0.3, -0.25) is 19.0 Å². The highest BCUT2D eigenvalue weighted by atomic mass is 19.1. The Labute approximate surface area is 184 Å². The first kappa shape index (κ1) is 22.0. The second-order valence-electron chi connectivity index (χ2n) is 8.69. The molecule has 168 valence electrons. The van der Waals surface area contributed by atoms with E-state index in [0.29, 0.717) is 0 Å². The van der Waals surface area contributed by atoms with Gasteiger partial charge in [-0.2, -0.15) is 0 Å². The molecule has 0 bridgehead atoms. The average molecular weight is 439 g/mol. The molecular formula is C24H26FN3O4. The number of alkyl halides is 1. The van der Waals surface area contributed by atoms with E-state index in [2.05, 4.69) is 10.6 Å². The zero-order valence-electron chi connectivity index (χ0n) is 18.0. The average Bonchev–Trinajstić information content (AvgIpc) is 3.25. The Bertz CT molecular complexity index is 1150. The molecule has 1 aliphatic heterocycles. The lowest BCUT2D eigenvalue weighted by Crippen LogP contribution is -2.58. The van der Waals surface area contributed by atoms with Crippen molar-refractivity contribution in [3.8, 4) is 0 Å². The Morgan fingerprint density at radius 3 is 2.25 bits per heavy atom. The second kappa shape index (κ2) is 8.35. The number of aromatic nitrogens is 1. The van der Waals surface area contributed by atoms with E-state index in [1.807, 2.05) is 62.4 Å². The number of benzene rings is 2. The first-order valence-corrected chi connectivity index (χ1v) is 10.7. The lowest BCUT2D eigenvalue weighted by molar-refractivity contribution is -0.130. The molecule has 2 aromatic carbocycles. The summed E-state index contributed by atoms with van der Waals surface area (Å²) < 4.78 is 15.0. The molecule has 1 saturated heterocycles. The minimum absolute atomic E-state index is 0.0751. The molecule has 4 rings (SSSR count). The normalized spacial score (nSPS) is 21.8. The number of nitrogens with one attached hydrogen (secondary N) is 2. The lowest BCUT2D eigenvalue weighted by Gasteiger charge is -2.29. The van der Waals surface area contributed by atoms with Crippen molar-refractivity contribution in [2.24, 2.45) is 11.8 Å². The Hall–Kier alpha value is -3.26. The Kier molecular flexibility index (Phi) is 5.73. The minimum atomic E-state index is -2.13. The van der Waals surface area contributed by atoms with Crippen molar-refractivity contribution in [2.45, 2.75) is 38.5 Å². The van der Waals surface area contributed by atoms with Gasteiger partial charge in [0.05, 0.1) is 23.5 Å². The van der Waals surface area contributed by atoms with Crippen LogP contribution in [0.25, 0.3) is 21.8 Å². The van der Waals surface area contributed by atoms with Crippen molar-refractivity contribution >= 4 is 39.5 Å². The summed E-state index contributed by atoms with van der Waals surface area (Å²) in [6, 6.07) is 14.1. The highest BCUT2D eigenvalue weighted by Crippen LogP contribution is 2.30. The van der Waals surface area contributed by atoms with Crippen molar-refractivity contribution in [1.29, 1.82) is 0 Å². The summed E-state index contributed by atoms with van der Waals surface area (Å²) in [5.74, 6) is -2.20. The highest BCUT2D eigenvalue weighted by molar-refractivity contribution is 6.13. The molecule has 0 radical (unpaired) electrons. The molecule has 2 heterocycles. The molecule has 3 atom stereocenters. The van der Waals surface area contributed by atoms with E-state index in [1.165, 1.54) is 0 Å². The monoisotopic (exact) mass is 439 g/mol. The van der Waals surface area contributed by atoms with Gasteiger partial charge < -0.3 is 15.7 Å². The maximum Gasteiger partial charge on any atom is 0.232 e. The smallest absolute Gasteiger partial charge is 0.232 e. The van der Waals surface area contributed by atoms with Crippen molar-refractivity contribution < 1.29 is 23.9 Å². The van der Waals surface area contributed by atoms with E-state index in [1.54, 1.807) is 4.57 Å². The number of carbonyl (C=O) groups excluding carboxylic acids is 3. The summed E-state index contributed by atoms with van der Waals surface area (Å²) in [7, 11) is 0. The molecule has 0 aliphatic carbocycles. The van der Waals surface area contributed by atoms with Crippen LogP contribution in [-0.4, -0.2) is 45.8 Å². The van der Waals surface area contributed by atoms with Crippen LogP contribution >= 0.6 is 0 Å². The number of amides is 2. The van der Waals surface area contributed by atoms with Crippen LogP contribution in [0.4, 0.5) is 4.39 Å². The van der Waals surface area contributed by atoms with Gasteiger partial charge in [-0.25, -0.2) is 4.39 Å². The number of hydrogen-bond donors (Lipinski definition) is 3. The summed E-state index contributed by atoms with van der Waals surface area (Å²) >= 11 is 0. The zero-order chi connectivity index (χ0) is 23.0. The first-order chi connectivity index (χ1) is 15.2. The summed E-state index contributed by atoms with van der Waals surface area (Å²) in [5.41, 5.74) is -0.608. The van der Waals surface area contributed by atoms with Crippen molar-refractivity contribution in [2.75, 3.05) is 6.67 Å². The van der Waals surface area contributed by atoms with E-state index < -0.39 is 36.2 Å². The third-order valence-electron chi connectivity index (χ3n) is 6.21. The SMILES string of the molecule is CC(C)C(CC(=O)n1c2ccccc2c2ccccc21)C(=O)NC1CC(=O)NC1(O)CF. The first-order valence-electron chi connectivity index (χ1n) is 10.7. The van der Waals surface area contributed by atoms with Crippen LogP contribution in [0.3, 0.4) is 0 Å². The standard InChI is InChI=1S/C24H26FN3O4/c1-14(2)17(23(31)26-20-12-21(29)27-24(20,32)13-25)11-22(30)28-18-9-5-3-7-15(18)16-8-4-6-10-19(16)28/h3-10,14,17,20,32H,11-13H2,1-2H3,(H,26,31)(H,27,29). The van der Waals surface area contributed by atoms with Crippen LogP contribution in [0.15, 0.2) is 48.5 Å². The molecule has 3 unspecified atom stereocenters. The van der Waals surface area contributed by atoms with E-state index in [4.69, 9.17) is 0 Å². The van der Waals surface area contributed by atoms with E-state index >= 15 is 0 Å². The Balaban J connectivity index is 1.62. The maximum atomic E-state index is 13.4. The summed E-state index contributed by atoms with van der Waals surface area (Å²) in [6.45, 7) is 2.42. The molecule has 2 amide bonds. The number of halogens is 1. The van der Waals surface area contributed by atoms with Gasteiger partial charge in [-0.1, -0.05) is 50.2 Å². The summed E-state index contributed by atoms with van der Waals surface area (Å²) in [6.07, 6.45) is -0.299. The molecule has 1 aliphatic rings. The van der Waals surface area contributed by atoms with Crippen LogP contribution in [-0.2, 0) is 9.59 Å². The van der Waals surface area contributed by atoms with Crippen LogP contribution in [0.2, 0.25) is 0 Å². The molecule has 8 heteroatoms. The third-order valence-corrected chi connectivity index (χ3v) is 6.21. The molecule has 3 aromatic rings. The van der Waals surface area contributed by atoms with Crippen molar-refractivity contribution in [1.82, 2.24) is 15.2 Å². The number of carbonyl (C=O) groups is 3. The molecule has 0 saturated carbocycles.